The third-order valence-electron chi connectivity index (χ3n) is 6.04. The Hall–Kier alpha value is -3.83. The third-order valence-corrected chi connectivity index (χ3v) is 6.40. The van der Waals surface area contributed by atoms with Gasteiger partial charge in [-0.25, -0.2) is 4.98 Å². The zero-order valence-electron chi connectivity index (χ0n) is 19.3. The Kier molecular flexibility index (Phi) is 6.96. The molecule has 0 radical (unpaired) electrons. The van der Waals surface area contributed by atoms with Gasteiger partial charge in [0, 0.05) is 23.4 Å². The number of carbonyl (C=O) groups excluding carboxylic acids is 1. The lowest BCUT2D eigenvalue weighted by molar-refractivity contribution is -0.120. The SMILES string of the molecule is O=C(Cc1ccccc1Cl)NCCc1nc2ccccc2n1CCOc1cccc2ccccc12. The highest BCUT2D eigenvalue weighted by molar-refractivity contribution is 6.31. The number of nitrogens with one attached hydrogen (secondary N) is 1. The lowest BCUT2D eigenvalue weighted by Crippen LogP contribution is -2.28. The molecule has 0 spiro atoms. The molecule has 0 bridgehead atoms. The monoisotopic (exact) mass is 483 g/mol. The lowest BCUT2D eigenvalue weighted by atomic mass is 10.1. The second-order valence-corrected chi connectivity index (χ2v) is 8.77. The van der Waals surface area contributed by atoms with E-state index < -0.39 is 0 Å². The van der Waals surface area contributed by atoms with Gasteiger partial charge < -0.3 is 14.6 Å². The summed E-state index contributed by atoms with van der Waals surface area (Å²) in [5, 5.41) is 5.87. The van der Waals surface area contributed by atoms with Crippen LogP contribution in [0.2, 0.25) is 5.02 Å². The number of nitrogens with zero attached hydrogens (tertiary/aromatic N) is 2. The van der Waals surface area contributed by atoms with Gasteiger partial charge in [0.25, 0.3) is 0 Å². The number of halogens is 1. The van der Waals surface area contributed by atoms with Crippen LogP contribution in [0.4, 0.5) is 0 Å². The summed E-state index contributed by atoms with van der Waals surface area (Å²) >= 11 is 6.18. The fraction of sp³-hybridized carbons (Fsp3) is 0.172. The molecule has 1 amide bonds. The molecule has 0 atom stereocenters. The first kappa shape index (κ1) is 22.9. The molecule has 0 aliphatic rings. The number of para-hydroxylation sites is 2. The van der Waals surface area contributed by atoms with Crippen molar-refractivity contribution >= 4 is 39.3 Å². The van der Waals surface area contributed by atoms with E-state index in [-0.39, 0.29) is 12.3 Å². The van der Waals surface area contributed by atoms with Crippen molar-refractivity contribution in [3.05, 3.63) is 107 Å². The van der Waals surface area contributed by atoms with Gasteiger partial charge in [0.1, 0.15) is 18.2 Å². The molecule has 0 unspecified atom stereocenters. The Morgan fingerprint density at radius 2 is 1.69 bits per heavy atom. The van der Waals surface area contributed by atoms with Crippen molar-refractivity contribution in [2.75, 3.05) is 13.2 Å². The molecule has 5 nitrogen and oxygen atoms in total. The molecular weight excluding hydrogens is 458 g/mol. The number of rotatable bonds is 9. The summed E-state index contributed by atoms with van der Waals surface area (Å²) < 4.78 is 8.37. The highest BCUT2D eigenvalue weighted by Gasteiger charge is 2.12. The maximum atomic E-state index is 12.4. The van der Waals surface area contributed by atoms with E-state index >= 15 is 0 Å². The number of benzene rings is 4. The topological polar surface area (TPSA) is 56.2 Å². The van der Waals surface area contributed by atoms with Gasteiger partial charge >= 0.3 is 0 Å². The summed E-state index contributed by atoms with van der Waals surface area (Å²) in [5.41, 5.74) is 2.82. The first-order valence-corrected chi connectivity index (χ1v) is 12.1. The molecule has 0 aliphatic heterocycles. The maximum absolute atomic E-state index is 12.4. The first-order valence-electron chi connectivity index (χ1n) is 11.7. The second-order valence-electron chi connectivity index (χ2n) is 8.36. The van der Waals surface area contributed by atoms with E-state index in [9.17, 15) is 4.79 Å². The zero-order valence-corrected chi connectivity index (χ0v) is 20.0. The van der Waals surface area contributed by atoms with Crippen molar-refractivity contribution in [3.8, 4) is 5.75 Å². The van der Waals surface area contributed by atoms with Gasteiger partial charge in [0.05, 0.1) is 24.0 Å². The number of amides is 1. The number of imidazole rings is 1. The lowest BCUT2D eigenvalue weighted by Gasteiger charge is -2.13. The van der Waals surface area contributed by atoms with Crippen LogP contribution in [-0.2, 0) is 24.2 Å². The Morgan fingerprint density at radius 3 is 2.60 bits per heavy atom. The number of aromatic nitrogens is 2. The largest absolute Gasteiger partial charge is 0.491 e. The third kappa shape index (κ3) is 5.31. The van der Waals surface area contributed by atoms with Gasteiger partial charge in [-0.1, -0.05) is 78.3 Å². The van der Waals surface area contributed by atoms with Crippen LogP contribution in [0.25, 0.3) is 21.8 Å². The predicted octanol–water partition coefficient (Wildman–Crippen LogP) is 5.82. The molecule has 0 aliphatic carbocycles. The minimum atomic E-state index is -0.0555. The smallest absolute Gasteiger partial charge is 0.224 e. The average molecular weight is 484 g/mol. The Labute approximate surface area is 209 Å². The molecule has 0 saturated heterocycles. The van der Waals surface area contributed by atoms with Crippen LogP contribution in [0.1, 0.15) is 11.4 Å². The van der Waals surface area contributed by atoms with Crippen molar-refractivity contribution in [1.29, 1.82) is 0 Å². The van der Waals surface area contributed by atoms with Gasteiger partial charge in [-0.3, -0.25) is 4.79 Å². The van der Waals surface area contributed by atoms with Crippen molar-refractivity contribution in [2.24, 2.45) is 0 Å². The molecule has 1 heterocycles. The number of carbonyl (C=O) groups is 1. The summed E-state index contributed by atoms with van der Waals surface area (Å²) in [6, 6.07) is 29.8. The quantitative estimate of drug-likeness (QED) is 0.287. The summed E-state index contributed by atoms with van der Waals surface area (Å²) in [6.07, 6.45) is 0.881. The molecule has 176 valence electrons. The Morgan fingerprint density at radius 1 is 0.914 bits per heavy atom. The number of hydrogen-bond acceptors (Lipinski definition) is 3. The Bertz CT molecular complexity index is 1470. The molecule has 1 aromatic heterocycles. The first-order chi connectivity index (χ1) is 17.2. The average Bonchev–Trinajstić information content (AvgIpc) is 3.23. The van der Waals surface area contributed by atoms with E-state index in [4.69, 9.17) is 21.3 Å². The van der Waals surface area contributed by atoms with Crippen LogP contribution in [0.15, 0.2) is 91.0 Å². The summed E-state index contributed by atoms with van der Waals surface area (Å²) in [6.45, 7) is 1.67. The number of hydrogen-bond donors (Lipinski definition) is 1. The van der Waals surface area contributed by atoms with Crippen LogP contribution in [0.3, 0.4) is 0 Å². The highest BCUT2D eigenvalue weighted by atomic mass is 35.5. The van der Waals surface area contributed by atoms with Gasteiger partial charge in [-0.2, -0.15) is 0 Å². The molecule has 5 rings (SSSR count). The zero-order chi connectivity index (χ0) is 24.0. The molecule has 1 N–H and O–H groups in total. The van der Waals surface area contributed by atoms with E-state index in [1.165, 1.54) is 0 Å². The fourth-order valence-corrected chi connectivity index (χ4v) is 4.53. The number of ether oxygens (including phenoxy) is 1. The molecule has 35 heavy (non-hydrogen) atoms. The molecule has 5 aromatic rings. The van der Waals surface area contributed by atoms with Gasteiger partial charge in [0.2, 0.25) is 5.91 Å². The van der Waals surface area contributed by atoms with E-state index in [0.717, 1.165) is 38.9 Å². The van der Waals surface area contributed by atoms with Crippen molar-refractivity contribution in [2.45, 2.75) is 19.4 Å². The van der Waals surface area contributed by atoms with Crippen LogP contribution < -0.4 is 10.1 Å². The summed E-state index contributed by atoms with van der Waals surface area (Å²) in [5.74, 6) is 1.74. The second kappa shape index (κ2) is 10.6. The van der Waals surface area contributed by atoms with Crippen LogP contribution in [0, 0.1) is 0 Å². The van der Waals surface area contributed by atoms with E-state index in [2.05, 4.69) is 34.1 Å². The Balaban J connectivity index is 1.25. The minimum absolute atomic E-state index is 0.0555. The normalized spacial score (nSPS) is 11.1. The van der Waals surface area contributed by atoms with Crippen molar-refractivity contribution in [3.63, 3.8) is 0 Å². The van der Waals surface area contributed by atoms with Crippen LogP contribution in [-0.4, -0.2) is 28.6 Å². The van der Waals surface area contributed by atoms with Gasteiger partial charge in [-0.15, -0.1) is 0 Å². The van der Waals surface area contributed by atoms with Crippen molar-refractivity contribution in [1.82, 2.24) is 14.9 Å². The fourth-order valence-electron chi connectivity index (χ4n) is 4.33. The molecule has 0 fully saturated rings. The minimum Gasteiger partial charge on any atom is -0.491 e. The predicted molar refractivity (Wildman–Crippen MR) is 141 cm³/mol. The number of fused-ring (bicyclic) bond motifs is 2. The molecule has 4 aromatic carbocycles. The van der Waals surface area contributed by atoms with E-state index in [1.807, 2.05) is 60.7 Å². The van der Waals surface area contributed by atoms with E-state index in [0.29, 0.717) is 31.1 Å². The van der Waals surface area contributed by atoms with Crippen molar-refractivity contribution < 1.29 is 9.53 Å². The highest BCUT2D eigenvalue weighted by Crippen LogP contribution is 2.25. The van der Waals surface area contributed by atoms with Crippen LogP contribution >= 0.6 is 11.6 Å². The molecule has 0 saturated carbocycles. The van der Waals surface area contributed by atoms with Gasteiger partial charge in [0.15, 0.2) is 0 Å². The van der Waals surface area contributed by atoms with Crippen LogP contribution in [0.5, 0.6) is 5.75 Å². The van der Waals surface area contributed by atoms with Gasteiger partial charge in [-0.05, 0) is 35.2 Å². The summed E-state index contributed by atoms with van der Waals surface area (Å²) in [7, 11) is 0. The summed E-state index contributed by atoms with van der Waals surface area (Å²) in [4.78, 5) is 17.2. The maximum Gasteiger partial charge on any atom is 0.224 e. The standard InChI is InChI=1S/C29H26ClN3O2/c30-24-12-4-2-9-22(24)20-29(34)31-17-16-28-32-25-13-5-6-14-26(25)33(28)18-19-35-27-15-7-10-21-8-1-3-11-23(21)27/h1-15H,16-20H2,(H,31,34). The van der Waals surface area contributed by atoms with E-state index in [1.54, 1.807) is 6.07 Å². The molecular formula is C29H26ClN3O2. The molecule has 6 heteroatoms.